The second-order valence-electron chi connectivity index (χ2n) is 4.29. The number of thioether (sulfide) groups is 1. The molecule has 2 rings (SSSR count). The molecule has 1 aromatic carbocycles. The van der Waals surface area contributed by atoms with Crippen molar-refractivity contribution in [1.82, 2.24) is 14.9 Å². The normalized spacial score (nSPS) is 12.9. The summed E-state index contributed by atoms with van der Waals surface area (Å²) < 4.78 is 38.0. The van der Waals surface area contributed by atoms with Gasteiger partial charge in [0.05, 0.1) is 5.25 Å². The number of alkyl halides is 3. The van der Waals surface area contributed by atoms with Crippen molar-refractivity contribution < 1.29 is 18.0 Å². The molecular formula is C12H12F3N5OS. The number of hydrogen-bond donors (Lipinski definition) is 2. The number of benzene rings is 1. The number of rotatable bonds is 4. The van der Waals surface area contributed by atoms with E-state index in [0.29, 0.717) is 10.4 Å². The van der Waals surface area contributed by atoms with E-state index >= 15 is 0 Å². The van der Waals surface area contributed by atoms with Crippen LogP contribution in [0.5, 0.6) is 0 Å². The van der Waals surface area contributed by atoms with Gasteiger partial charge in [-0.15, -0.1) is 10.2 Å². The van der Waals surface area contributed by atoms with Crippen LogP contribution in [-0.4, -0.2) is 26.0 Å². The first-order valence-corrected chi connectivity index (χ1v) is 6.97. The third-order valence-corrected chi connectivity index (χ3v) is 3.67. The van der Waals surface area contributed by atoms with E-state index < -0.39 is 17.3 Å². The van der Waals surface area contributed by atoms with Gasteiger partial charge in [-0.1, -0.05) is 30.0 Å². The highest BCUT2D eigenvalue weighted by Crippen LogP contribution is 2.30. The van der Waals surface area contributed by atoms with E-state index in [4.69, 9.17) is 5.84 Å². The van der Waals surface area contributed by atoms with Crippen LogP contribution < -0.4 is 11.2 Å². The molecule has 1 amide bonds. The maximum absolute atomic E-state index is 12.6. The van der Waals surface area contributed by atoms with E-state index in [2.05, 4.69) is 15.5 Å². The van der Waals surface area contributed by atoms with Crippen molar-refractivity contribution in [3.05, 3.63) is 36.2 Å². The molecule has 1 atom stereocenters. The molecule has 6 nitrogen and oxygen atoms in total. The summed E-state index contributed by atoms with van der Waals surface area (Å²) in [5, 5.41) is 8.10. The standard InChI is InChI=1S/C12H12F3N5OS/c1-7(9(21)17-8-5-3-2-4-6-8)22-11-19-18-10(20(11)16)12(13,14)15/h2-7H,16H2,1H3,(H,17,21)/t7-/m1/s1. The molecule has 0 spiro atoms. The van der Waals surface area contributed by atoms with Gasteiger partial charge >= 0.3 is 6.18 Å². The fourth-order valence-corrected chi connectivity index (χ4v) is 2.30. The number of carbonyl (C=O) groups is 1. The summed E-state index contributed by atoms with van der Waals surface area (Å²) in [6.07, 6.45) is -4.70. The highest BCUT2D eigenvalue weighted by atomic mass is 32.2. The largest absolute Gasteiger partial charge is 0.453 e. The number of amides is 1. The number of nitrogens with one attached hydrogen (secondary N) is 1. The monoisotopic (exact) mass is 331 g/mol. The third-order valence-electron chi connectivity index (χ3n) is 2.61. The Balaban J connectivity index is 2.04. The maximum atomic E-state index is 12.6. The summed E-state index contributed by atoms with van der Waals surface area (Å²) in [7, 11) is 0. The quantitative estimate of drug-likeness (QED) is 0.662. The Morgan fingerprint density at radius 1 is 1.32 bits per heavy atom. The molecule has 2 aromatic rings. The Morgan fingerprint density at radius 3 is 2.50 bits per heavy atom. The zero-order chi connectivity index (χ0) is 16.3. The van der Waals surface area contributed by atoms with Crippen LogP contribution in [0, 0.1) is 0 Å². The first-order chi connectivity index (χ1) is 10.3. The molecule has 0 aliphatic rings. The van der Waals surface area contributed by atoms with Crippen LogP contribution in [0.1, 0.15) is 12.7 Å². The van der Waals surface area contributed by atoms with Gasteiger partial charge in [-0.2, -0.15) is 13.2 Å². The number of para-hydroxylation sites is 1. The van der Waals surface area contributed by atoms with Crippen molar-refractivity contribution in [1.29, 1.82) is 0 Å². The minimum atomic E-state index is -4.70. The van der Waals surface area contributed by atoms with Crippen LogP contribution in [0.15, 0.2) is 35.5 Å². The van der Waals surface area contributed by atoms with Crippen molar-refractivity contribution in [2.75, 3.05) is 11.2 Å². The molecular weight excluding hydrogens is 319 g/mol. The Bertz CT molecular complexity index is 659. The van der Waals surface area contributed by atoms with Gasteiger partial charge < -0.3 is 11.2 Å². The fraction of sp³-hybridized carbons (Fsp3) is 0.250. The highest BCUT2D eigenvalue weighted by Gasteiger charge is 2.38. The summed E-state index contributed by atoms with van der Waals surface area (Å²) in [4.78, 5) is 12.0. The zero-order valence-electron chi connectivity index (χ0n) is 11.3. The molecule has 0 aliphatic carbocycles. The molecule has 0 bridgehead atoms. The molecule has 22 heavy (non-hydrogen) atoms. The van der Waals surface area contributed by atoms with Crippen molar-refractivity contribution in [3.63, 3.8) is 0 Å². The molecule has 0 fully saturated rings. The van der Waals surface area contributed by atoms with Gasteiger partial charge in [-0.25, -0.2) is 4.68 Å². The van der Waals surface area contributed by atoms with E-state index in [1.54, 1.807) is 30.3 Å². The van der Waals surface area contributed by atoms with Crippen LogP contribution in [0.25, 0.3) is 0 Å². The lowest BCUT2D eigenvalue weighted by Crippen LogP contribution is -2.25. The third kappa shape index (κ3) is 3.70. The lowest BCUT2D eigenvalue weighted by atomic mass is 10.3. The molecule has 0 unspecified atom stereocenters. The Hall–Kier alpha value is -2.23. The SMILES string of the molecule is C[C@@H](Sc1nnc(C(F)(F)F)n1N)C(=O)Nc1ccccc1. The lowest BCUT2D eigenvalue weighted by Gasteiger charge is -2.11. The van der Waals surface area contributed by atoms with Gasteiger partial charge in [0.15, 0.2) is 0 Å². The summed E-state index contributed by atoms with van der Waals surface area (Å²) in [6, 6.07) is 8.69. The van der Waals surface area contributed by atoms with E-state index in [9.17, 15) is 18.0 Å². The van der Waals surface area contributed by atoms with Crippen LogP contribution in [-0.2, 0) is 11.0 Å². The van der Waals surface area contributed by atoms with Gasteiger partial charge in [0.2, 0.25) is 11.1 Å². The van der Waals surface area contributed by atoms with Crippen LogP contribution in [0.3, 0.4) is 0 Å². The zero-order valence-corrected chi connectivity index (χ0v) is 12.1. The number of carbonyl (C=O) groups excluding carboxylic acids is 1. The molecule has 1 aromatic heterocycles. The van der Waals surface area contributed by atoms with Crippen molar-refractivity contribution in [2.45, 2.75) is 23.5 Å². The molecule has 0 aliphatic heterocycles. The molecule has 1 heterocycles. The Kier molecular flexibility index (Phi) is 4.59. The fourth-order valence-electron chi connectivity index (χ4n) is 1.53. The lowest BCUT2D eigenvalue weighted by molar-refractivity contribution is -0.146. The van der Waals surface area contributed by atoms with E-state index in [-0.39, 0.29) is 11.1 Å². The topological polar surface area (TPSA) is 85.8 Å². The summed E-state index contributed by atoms with van der Waals surface area (Å²) >= 11 is 0.787. The average Bonchev–Trinajstić information content (AvgIpc) is 2.81. The predicted octanol–water partition coefficient (Wildman–Crippen LogP) is 2.13. The summed E-state index contributed by atoms with van der Waals surface area (Å²) in [6.45, 7) is 1.53. The molecule has 0 radical (unpaired) electrons. The van der Waals surface area contributed by atoms with Gasteiger partial charge in [0.25, 0.3) is 5.82 Å². The summed E-state index contributed by atoms with van der Waals surface area (Å²) in [5.74, 6) is 3.61. The minimum Gasteiger partial charge on any atom is -0.335 e. The molecule has 0 saturated carbocycles. The van der Waals surface area contributed by atoms with Crippen LogP contribution in [0.4, 0.5) is 18.9 Å². The predicted molar refractivity (Wildman–Crippen MR) is 75.6 cm³/mol. The van der Waals surface area contributed by atoms with Gasteiger partial charge in [-0.3, -0.25) is 4.79 Å². The maximum Gasteiger partial charge on any atom is 0.453 e. The second-order valence-corrected chi connectivity index (χ2v) is 5.60. The van der Waals surface area contributed by atoms with Gasteiger partial charge in [-0.05, 0) is 19.1 Å². The number of nitrogens with two attached hydrogens (primary N) is 1. The van der Waals surface area contributed by atoms with Crippen LogP contribution in [0.2, 0.25) is 0 Å². The minimum absolute atomic E-state index is 0.192. The van der Waals surface area contributed by atoms with Crippen molar-refractivity contribution in [3.8, 4) is 0 Å². The molecule has 10 heteroatoms. The second kappa shape index (κ2) is 6.26. The Labute approximate surface area is 127 Å². The van der Waals surface area contributed by atoms with E-state index in [1.807, 2.05) is 0 Å². The van der Waals surface area contributed by atoms with E-state index in [1.165, 1.54) is 6.92 Å². The highest BCUT2D eigenvalue weighted by molar-refractivity contribution is 8.00. The van der Waals surface area contributed by atoms with Gasteiger partial charge in [0.1, 0.15) is 0 Å². The Morgan fingerprint density at radius 2 is 1.95 bits per heavy atom. The van der Waals surface area contributed by atoms with E-state index in [0.717, 1.165) is 11.8 Å². The first-order valence-electron chi connectivity index (χ1n) is 6.09. The average molecular weight is 331 g/mol. The molecule has 0 saturated heterocycles. The van der Waals surface area contributed by atoms with Gasteiger partial charge in [0, 0.05) is 5.69 Å². The molecule has 118 valence electrons. The van der Waals surface area contributed by atoms with Crippen molar-refractivity contribution >= 4 is 23.4 Å². The van der Waals surface area contributed by atoms with Crippen molar-refractivity contribution in [2.24, 2.45) is 0 Å². The first kappa shape index (κ1) is 16.1. The number of nitrogens with zero attached hydrogens (tertiary/aromatic N) is 3. The smallest absolute Gasteiger partial charge is 0.335 e. The number of halogens is 3. The number of anilines is 1. The number of nitrogen functional groups attached to an aromatic ring is 1. The van der Waals surface area contributed by atoms with Crippen LogP contribution >= 0.6 is 11.8 Å². The number of hydrogen-bond acceptors (Lipinski definition) is 5. The summed E-state index contributed by atoms with van der Waals surface area (Å²) in [5.41, 5.74) is 0.588. The number of aromatic nitrogens is 3. The molecule has 3 N–H and O–H groups in total.